The number of halogens is 1. The zero-order valence-electron chi connectivity index (χ0n) is 14.0. The van der Waals surface area contributed by atoms with Crippen LogP contribution in [0.5, 0.6) is 0 Å². The zero-order valence-corrected chi connectivity index (χ0v) is 14.0. The minimum atomic E-state index is -0.444. The van der Waals surface area contributed by atoms with Gasteiger partial charge >= 0.3 is 5.69 Å². The minimum Gasteiger partial charge on any atom is -0.360 e. The van der Waals surface area contributed by atoms with Gasteiger partial charge in [0.15, 0.2) is 0 Å². The van der Waals surface area contributed by atoms with Crippen LogP contribution in [0.15, 0.2) is 30.6 Å². The van der Waals surface area contributed by atoms with Gasteiger partial charge in [0.2, 0.25) is 11.6 Å². The fourth-order valence-corrected chi connectivity index (χ4v) is 2.91. The van der Waals surface area contributed by atoms with E-state index in [9.17, 15) is 14.5 Å². The summed E-state index contributed by atoms with van der Waals surface area (Å²) >= 11 is 0. The standard InChI is InChI=1S/C17H20FN5O2/c1-12-6-8-22(9-7-12)17-15(23(24)25)16(20-11-21-17)19-10-13-2-4-14(18)5-3-13/h2-5,11-12H,6-10H2,1H3,(H,19,20,21). The molecule has 0 saturated carbocycles. The van der Waals surface area contributed by atoms with Crippen LogP contribution in [0.2, 0.25) is 0 Å². The van der Waals surface area contributed by atoms with Crippen molar-refractivity contribution in [2.24, 2.45) is 5.92 Å². The summed E-state index contributed by atoms with van der Waals surface area (Å²) in [4.78, 5) is 21.3. The van der Waals surface area contributed by atoms with Crippen molar-refractivity contribution in [2.45, 2.75) is 26.3 Å². The summed E-state index contributed by atoms with van der Waals surface area (Å²) < 4.78 is 13.0. The average molecular weight is 345 g/mol. The molecule has 1 fully saturated rings. The Hall–Kier alpha value is -2.77. The molecule has 0 spiro atoms. The Morgan fingerprint density at radius 2 is 1.96 bits per heavy atom. The first-order valence-electron chi connectivity index (χ1n) is 8.27. The predicted molar refractivity (Wildman–Crippen MR) is 93.0 cm³/mol. The minimum absolute atomic E-state index is 0.112. The summed E-state index contributed by atoms with van der Waals surface area (Å²) in [6.45, 7) is 3.99. The molecular weight excluding hydrogens is 325 g/mol. The second-order valence-corrected chi connectivity index (χ2v) is 6.30. The first-order chi connectivity index (χ1) is 12.0. The number of nitrogens with one attached hydrogen (secondary N) is 1. The van der Waals surface area contributed by atoms with Crippen LogP contribution in [0.1, 0.15) is 25.3 Å². The first-order valence-corrected chi connectivity index (χ1v) is 8.27. The number of piperidine rings is 1. The maximum atomic E-state index is 13.0. The quantitative estimate of drug-likeness (QED) is 0.661. The van der Waals surface area contributed by atoms with Crippen molar-refractivity contribution in [1.29, 1.82) is 0 Å². The molecule has 7 nitrogen and oxygen atoms in total. The molecule has 2 aromatic rings. The van der Waals surface area contributed by atoms with E-state index in [2.05, 4.69) is 22.2 Å². The van der Waals surface area contributed by atoms with Gasteiger partial charge in [-0.05, 0) is 36.5 Å². The molecule has 1 N–H and O–H groups in total. The van der Waals surface area contributed by atoms with Gasteiger partial charge < -0.3 is 10.2 Å². The van der Waals surface area contributed by atoms with Gasteiger partial charge in [-0.15, -0.1) is 0 Å². The maximum Gasteiger partial charge on any atom is 0.353 e. The van der Waals surface area contributed by atoms with Crippen molar-refractivity contribution < 1.29 is 9.31 Å². The fourth-order valence-electron chi connectivity index (χ4n) is 2.91. The lowest BCUT2D eigenvalue weighted by Crippen LogP contribution is -2.34. The summed E-state index contributed by atoms with van der Waals surface area (Å²) in [6, 6.07) is 5.96. The molecule has 0 unspecified atom stereocenters. The van der Waals surface area contributed by atoms with E-state index in [0.717, 1.165) is 31.5 Å². The Kier molecular flexibility index (Phi) is 5.06. The second kappa shape index (κ2) is 7.42. The second-order valence-electron chi connectivity index (χ2n) is 6.30. The number of hydrogen-bond acceptors (Lipinski definition) is 6. The van der Waals surface area contributed by atoms with Gasteiger partial charge in [0, 0.05) is 19.6 Å². The molecule has 0 radical (unpaired) electrons. The average Bonchev–Trinajstić information content (AvgIpc) is 2.61. The molecule has 3 rings (SSSR count). The highest BCUT2D eigenvalue weighted by atomic mass is 19.1. The number of nitrogens with zero attached hydrogens (tertiary/aromatic N) is 4. The first kappa shape index (κ1) is 17.1. The molecule has 2 heterocycles. The van der Waals surface area contributed by atoms with Crippen molar-refractivity contribution in [1.82, 2.24) is 9.97 Å². The van der Waals surface area contributed by atoms with E-state index in [1.807, 2.05) is 4.90 Å². The van der Waals surface area contributed by atoms with Crippen LogP contribution in [-0.4, -0.2) is 28.0 Å². The van der Waals surface area contributed by atoms with Crippen molar-refractivity contribution in [3.63, 3.8) is 0 Å². The Morgan fingerprint density at radius 3 is 2.60 bits per heavy atom. The summed E-state index contributed by atoms with van der Waals surface area (Å²) in [5.41, 5.74) is 0.696. The van der Waals surface area contributed by atoms with Crippen molar-refractivity contribution in [3.05, 3.63) is 52.1 Å². The predicted octanol–water partition coefficient (Wildman–Crippen LogP) is 3.37. The molecule has 0 bridgehead atoms. The number of aromatic nitrogens is 2. The van der Waals surface area contributed by atoms with Gasteiger partial charge in [0.1, 0.15) is 12.1 Å². The van der Waals surface area contributed by atoms with Crippen molar-refractivity contribution in [2.75, 3.05) is 23.3 Å². The summed E-state index contributed by atoms with van der Waals surface area (Å²) in [5, 5.41) is 14.6. The van der Waals surface area contributed by atoms with Crippen molar-refractivity contribution in [3.8, 4) is 0 Å². The number of anilines is 2. The number of hydrogen-bond donors (Lipinski definition) is 1. The summed E-state index contributed by atoms with van der Waals surface area (Å²) in [5.74, 6) is 0.832. The monoisotopic (exact) mass is 345 g/mol. The zero-order chi connectivity index (χ0) is 17.8. The molecular formula is C17H20FN5O2. The van der Waals surface area contributed by atoms with Gasteiger partial charge in [0.25, 0.3) is 0 Å². The summed E-state index contributed by atoms with van der Waals surface area (Å²) in [7, 11) is 0. The fraction of sp³-hybridized carbons (Fsp3) is 0.412. The highest BCUT2D eigenvalue weighted by Crippen LogP contribution is 2.34. The van der Waals surface area contributed by atoms with E-state index in [1.54, 1.807) is 12.1 Å². The molecule has 0 aliphatic carbocycles. The number of rotatable bonds is 5. The van der Waals surface area contributed by atoms with Crippen LogP contribution < -0.4 is 10.2 Å². The van der Waals surface area contributed by atoms with Crippen LogP contribution in [0.25, 0.3) is 0 Å². The van der Waals surface area contributed by atoms with E-state index in [4.69, 9.17) is 0 Å². The van der Waals surface area contributed by atoms with Gasteiger partial charge in [0.05, 0.1) is 4.92 Å². The number of nitro groups is 1. The van der Waals surface area contributed by atoms with Gasteiger partial charge in [-0.3, -0.25) is 10.1 Å². The van der Waals surface area contributed by atoms with Crippen LogP contribution in [0.3, 0.4) is 0 Å². The van der Waals surface area contributed by atoms with E-state index in [0.29, 0.717) is 18.3 Å². The van der Waals surface area contributed by atoms with Gasteiger partial charge in [-0.2, -0.15) is 0 Å². The third-order valence-corrected chi connectivity index (χ3v) is 4.44. The molecule has 25 heavy (non-hydrogen) atoms. The molecule has 132 valence electrons. The molecule has 1 saturated heterocycles. The van der Waals surface area contributed by atoms with Crippen LogP contribution in [0, 0.1) is 21.8 Å². The number of benzene rings is 1. The van der Waals surface area contributed by atoms with Crippen LogP contribution >= 0.6 is 0 Å². The molecule has 0 amide bonds. The lowest BCUT2D eigenvalue weighted by Gasteiger charge is -2.30. The smallest absolute Gasteiger partial charge is 0.353 e. The molecule has 1 aliphatic heterocycles. The molecule has 0 atom stereocenters. The lowest BCUT2D eigenvalue weighted by molar-refractivity contribution is -0.383. The van der Waals surface area contributed by atoms with Crippen molar-refractivity contribution >= 4 is 17.3 Å². The Balaban J connectivity index is 1.82. The Labute approximate surface area is 145 Å². The molecule has 8 heteroatoms. The maximum absolute atomic E-state index is 13.0. The largest absolute Gasteiger partial charge is 0.360 e. The van der Waals surface area contributed by atoms with E-state index in [1.165, 1.54) is 18.5 Å². The lowest BCUT2D eigenvalue weighted by atomic mass is 9.99. The van der Waals surface area contributed by atoms with E-state index < -0.39 is 4.92 Å². The Morgan fingerprint density at radius 1 is 1.28 bits per heavy atom. The topological polar surface area (TPSA) is 84.2 Å². The van der Waals surface area contributed by atoms with E-state index >= 15 is 0 Å². The normalized spacial score (nSPS) is 15.2. The van der Waals surface area contributed by atoms with Gasteiger partial charge in [-0.1, -0.05) is 19.1 Å². The van der Waals surface area contributed by atoms with Crippen LogP contribution in [-0.2, 0) is 6.54 Å². The third-order valence-electron chi connectivity index (χ3n) is 4.44. The highest BCUT2D eigenvalue weighted by Gasteiger charge is 2.28. The molecule has 1 aliphatic rings. The van der Waals surface area contributed by atoms with Gasteiger partial charge in [-0.25, -0.2) is 14.4 Å². The molecule has 1 aromatic heterocycles. The summed E-state index contributed by atoms with van der Waals surface area (Å²) in [6.07, 6.45) is 3.31. The Bertz CT molecular complexity index is 745. The highest BCUT2D eigenvalue weighted by molar-refractivity contribution is 5.70. The molecule has 1 aromatic carbocycles. The van der Waals surface area contributed by atoms with E-state index in [-0.39, 0.29) is 17.3 Å². The SMILES string of the molecule is CC1CCN(c2ncnc(NCc3ccc(F)cc3)c2[N+](=O)[O-])CC1. The van der Waals surface area contributed by atoms with Crippen LogP contribution in [0.4, 0.5) is 21.7 Å². The third kappa shape index (κ3) is 4.01.